The molecule has 1 aliphatic heterocycles. The largest absolute Gasteiger partial charge is 0.386 e. The highest BCUT2D eigenvalue weighted by molar-refractivity contribution is 5.54. The van der Waals surface area contributed by atoms with Crippen LogP contribution in [0.3, 0.4) is 0 Å². The Morgan fingerprint density at radius 1 is 1.00 bits per heavy atom. The van der Waals surface area contributed by atoms with Crippen LogP contribution in [0.2, 0.25) is 0 Å². The number of benzene rings is 2. The molecule has 3 rings (SSSR count). The van der Waals surface area contributed by atoms with Crippen LogP contribution in [0.4, 0.5) is 5.69 Å². The summed E-state index contributed by atoms with van der Waals surface area (Å²) in [5.74, 6) is 0. The zero-order valence-electron chi connectivity index (χ0n) is 10.2. The summed E-state index contributed by atoms with van der Waals surface area (Å²) < 4.78 is 0. The van der Waals surface area contributed by atoms with Gasteiger partial charge in [0.05, 0.1) is 12.1 Å². The van der Waals surface area contributed by atoms with Crippen molar-refractivity contribution < 1.29 is 5.11 Å². The first-order chi connectivity index (χ1) is 8.84. The monoisotopic (exact) mass is 239 g/mol. The summed E-state index contributed by atoms with van der Waals surface area (Å²) in [7, 11) is 0. The predicted octanol–water partition coefficient (Wildman–Crippen LogP) is 3.15. The molecule has 1 aliphatic rings. The number of aryl methyl sites for hydroxylation is 1. The van der Waals surface area contributed by atoms with Crippen LogP contribution < -0.4 is 5.32 Å². The molecule has 0 radical (unpaired) electrons. The second kappa shape index (κ2) is 4.83. The maximum absolute atomic E-state index is 10.4. The van der Waals surface area contributed by atoms with Crippen molar-refractivity contribution in [2.75, 3.05) is 5.32 Å². The van der Waals surface area contributed by atoms with Crippen molar-refractivity contribution in [3.05, 3.63) is 65.7 Å². The van der Waals surface area contributed by atoms with Crippen molar-refractivity contribution in [1.82, 2.24) is 0 Å². The number of rotatable bonds is 2. The summed E-state index contributed by atoms with van der Waals surface area (Å²) in [5, 5.41) is 13.9. The standard InChI is InChI=1S/C16H17NO/c18-16(13-7-2-1-3-8-13)15-11-10-12-6-4-5-9-14(12)17-15/h1-9,15-18H,10-11H2/t15?,16-/m1/s1. The van der Waals surface area contributed by atoms with Crippen LogP contribution in [0, 0.1) is 0 Å². The normalized spacial score (nSPS) is 19.7. The molecule has 0 aromatic heterocycles. The number of fused-ring (bicyclic) bond motifs is 1. The molecule has 0 fully saturated rings. The summed E-state index contributed by atoms with van der Waals surface area (Å²) >= 11 is 0. The van der Waals surface area contributed by atoms with E-state index in [1.54, 1.807) is 0 Å². The average Bonchev–Trinajstić information content (AvgIpc) is 2.47. The van der Waals surface area contributed by atoms with E-state index in [0.717, 1.165) is 24.1 Å². The minimum atomic E-state index is -0.445. The van der Waals surface area contributed by atoms with Crippen molar-refractivity contribution in [3.8, 4) is 0 Å². The molecule has 0 saturated carbocycles. The third-order valence-electron chi connectivity index (χ3n) is 3.61. The SMILES string of the molecule is O[C@H](c1ccccc1)C1CCc2ccccc2N1. The lowest BCUT2D eigenvalue weighted by molar-refractivity contribution is 0.149. The fraction of sp³-hybridized carbons (Fsp3) is 0.250. The molecular formula is C16H17NO. The highest BCUT2D eigenvalue weighted by atomic mass is 16.3. The molecule has 0 saturated heterocycles. The number of hydrogen-bond acceptors (Lipinski definition) is 2. The molecule has 18 heavy (non-hydrogen) atoms. The Morgan fingerprint density at radius 3 is 2.56 bits per heavy atom. The molecule has 0 spiro atoms. The smallest absolute Gasteiger partial charge is 0.0991 e. The van der Waals surface area contributed by atoms with E-state index >= 15 is 0 Å². The Morgan fingerprint density at radius 2 is 1.72 bits per heavy atom. The second-order valence-electron chi connectivity index (χ2n) is 4.80. The van der Waals surface area contributed by atoms with Crippen molar-refractivity contribution in [2.24, 2.45) is 0 Å². The molecule has 2 aromatic rings. The van der Waals surface area contributed by atoms with E-state index < -0.39 is 6.10 Å². The summed E-state index contributed by atoms with van der Waals surface area (Å²) in [6.07, 6.45) is 1.55. The van der Waals surface area contributed by atoms with Crippen LogP contribution in [0.25, 0.3) is 0 Å². The van der Waals surface area contributed by atoms with Gasteiger partial charge < -0.3 is 10.4 Å². The third kappa shape index (κ3) is 2.12. The Kier molecular flexibility index (Phi) is 3.03. The average molecular weight is 239 g/mol. The molecule has 0 amide bonds. The number of nitrogens with one attached hydrogen (secondary N) is 1. The molecule has 2 atom stereocenters. The summed E-state index contributed by atoms with van der Waals surface area (Å²) in [5.41, 5.74) is 3.48. The summed E-state index contributed by atoms with van der Waals surface area (Å²) in [6.45, 7) is 0. The number of hydrogen-bond donors (Lipinski definition) is 2. The Balaban J connectivity index is 1.80. The second-order valence-corrected chi connectivity index (χ2v) is 4.80. The van der Waals surface area contributed by atoms with E-state index in [0.29, 0.717) is 0 Å². The number of aliphatic hydroxyl groups is 1. The van der Waals surface area contributed by atoms with Crippen LogP contribution in [0.15, 0.2) is 54.6 Å². The van der Waals surface area contributed by atoms with Gasteiger partial charge in [0, 0.05) is 5.69 Å². The van der Waals surface area contributed by atoms with Crippen LogP contribution in [-0.2, 0) is 6.42 Å². The van der Waals surface area contributed by atoms with E-state index in [9.17, 15) is 5.11 Å². The minimum Gasteiger partial charge on any atom is -0.386 e. The van der Waals surface area contributed by atoms with Gasteiger partial charge in [0.15, 0.2) is 0 Å². The zero-order chi connectivity index (χ0) is 12.4. The van der Waals surface area contributed by atoms with Gasteiger partial charge in [0.25, 0.3) is 0 Å². The highest BCUT2D eigenvalue weighted by Gasteiger charge is 2.24. The number of aliphatic hydroxyl groups excluding tert-OH is 1. The molecule has 2 nitrogen and oxygen atoms in total. The van der Waals surface area contributed by atoms with Crippen molar-refractivity contribution >= 4 is 5.69 Å². The van der Waals surface area contributed by atoms with Crippen LogP contribution in [0.1, 0.15) is 23.7 Å². The van der Waals surface area contributed by atoms with E-state index in [1.807, 2.05) is 36.4 Å². The topological polar surface area (TPSA) is 32.3 Å². The Hall–Kier alpha value is -1.80. The highest BCUT2D eigenvalue weighted by Crippen LogP contribution is 2.30. The molecule has 0 aliphatic carbocycles. The first-order valence-electron chi connectivity index (χ1n) is 6.42. The van der Waals surface area contributed by atoms with Gasteiger partial charge in [-0.1, -0.05) is 48.5 Å². The first-order valence-corrected chi connectivity index (χ1v) is 6.42. The van der Waals surface area contributed by atoms with Gasteiger partial charge in [-0.3, -0.25) is 0 Å². The fourth-order valence-electron chi connectivity index (χ4n) is 2.58. The molecule has 2 aromatic carbocycles. The summed E-state index contributed by atoms with van der Waals surface area (Å²) in [6, 6.07) is 18.3. The van der Waals surface area contributed by atoms with E-state index in [-0.39, 0.29) is 6.04 Å². The van der Waals surface area contributed by atoms with Gasteiger partial charge >= 0.3 is 0 Å². The number of para-hydroxylation sites is 1. The molecule has 1 heterocycles. The van der Waals surface area contributed by atoms with Crippen LogP contribution >= 0.6 is 0 Å². The molecular weight excluding hydrogens is 222 g/mol. The quantitative estimate of drug-likeness (QED) is 0.843. The lowest BCUT2D eigenvalue weighted by Crippen LogP contribution is -2.31. The van der Waals surface area contributed by atoms with Crippen molar-refractivity contribution in [1.29, 1.82) is 0 Å². The van der Waals surface area contributed by atoms with Gasteiger partial charge in [-0.2, -0.15) is 0 Å². The fourth-order valence-corrected chi connectivity index (χ4v) is 2.58. The van der Waals surface area contributed by atoms with E-state index in [1.165, 1.54) is 5.56 Å². The van der Waals surface area contributed by atoms with Crippen molar-refractivity contribution in [3.63, 3.8) is 0 Å². The number of anilines is 1. The molecule has 0 bridgehead atoms. The summed E-state index contributed by atoms with van der Waals surface area (Å²) in [4.78, 5) is 0. The Labute approximate surface area is 107 Å². The minimum absolute atomic E-state index is 0.0994. The predicted molar refractivity (Wildman–Crippen MR) is 73.6 cm³/mol. The van der Waals surface area contributed by atoms with E-state index in [4.69, 9.17) is 0 Å². The maximum atomic E-state index is 10.4. The van der Waals surface area contributed by atoms with Crippen molar-refractivity contribution in [2.45, 2.75) is 25.0 Å². The van der Waals surface area contributed by atoms with Gasteiger partial charge in [-0.15, -0.1) is 0 Å². The van der Waals surface area contributed by atoms with Gasteiger partial charge in [0.1, 0.15) is 0 Å². The lowest BCUT2D eigenvalue weighted by Gasteiger charge is -2.30. The first kappa shape index (κ1) is 11.3. The zero-order valence-corrected chi connectivity index (χ0v) is 10.2. The van der Waals surface area contributed by atoms with Gasteiger partial charge in [-0.05, 0) is 30.0 Å². The molecule has 92 valence electrons. The Bertz CT molecular complexity index is 524. The van der Waals surface area contributed by atoms with Crippen LogP contribution in [-0.4, -0.2) is 11.1 Å². The van der Waals surface area contributed by atoms with Gasteiger partial charge in [-0.25, -0.2) is 0 Å². The van der Waals surface area contributed by atoms with Crippen LogP contribution in [0.5, 0.6) is 0 Å². The maximum Gasteiger partial charge on any atom is 0.0991 e. The third-order valence-corrected chi connectivity index (χ3v) is 3.61. The molecule has 2 N–H and O–H groups in total. The van der Waals surface area contributed by atoms with E-state index in [2.05, 4.69) is 23.5 Å². The lowest BCUT2D eigenvalue weighted by atomic mass is 9.92. The molecule has 2 heteroatoms. The van der Waals surface area contributed by atoms with Gasteiger partial charge in [0.2, 0.25) is 0 Å². The molecule has 1 unspecified atom stereocenters.